The first-order valence-electron chi connectivity index (χ1n) is 4.05. The Hall–Kier alpha value is -0.683. The predicted octanol–water partition coefficient (Wildman–Crippen LogP) is -0.184. The second-order valence-electron chi connectivity index (χ2n) is 3.84. The molecule has 0 aromatic carbocycles. The molecule has 0 bridgehead atoms. The van der Waals surface area contributed by atoms with Crippen molar-refractivity contribution in [3.05, 3.63) is 6.20 Å². The molecule has 0 spiro atoms. The van der Waals surface area contributed by atoms with Crippen molar-refractivity contribution in [1.29, 1.82) is 0 Å². The first kappa shape index (κ1) is 9.41. The van der Waals surface area contributed by atoms with Gasteiger partial charge in [-0.3, -0.25) is 4.68 Å². The van der Waals surface area contributed by atoms with Gasteiger partial charge in [-0.05, 0) is 0 Å². The van der Waals surface area contributed by atoms with E-state index in [4.69, 9.17) is 5.11 Å². The lowest BCUT2D eigenvalue weighted by Gasteiger charge is -2.09. The van der Waals surface area contributed by atoms with Crippen molar-refractivity contribution in [2.45, 2.75) is 26.2 Å². The maximum atomic E-state index is 8.65. The Morgan fingerprint density at radius 1 is 1.50 bits per heavy atom. The Bertz CT molecular complexity index is 253. The summed E-state index contributed by atoms with van der Waals surface area (Å²) in [4.78, 5) is 0. The molecule has 0 aliphatic rings. The number of hydrogen-bond donors (Lipinski definition) is 1. The Morgan fingerprint density at radius 3 is 2.58 bits per heavy atom. The number of rotatable bonds is 3. The average molecular weight is 185 g/mol. The summed E-state index contributed by atoms with van der Waals surface area (Å²) in [7, 11) is -1.32. The summed E-state index contributed by atoms with van der Waals surface area (Å²) in [5, 5.41) is 17.7. The lowest BCUT2D eigenvalue weighted by atomic mass is 10.7. The van der Waals surface area contributed by atoms with Gasteiger partial charge in [0.15, 0.2) is 0 Å². The molecule has 0 aliphatic heterocycles. The molecular formula is C7H15N3OSi. The van der Waals surface area contributed by atoms with Crippen LogP contribution in [0.1, 0.15) is 0 Å². The van der Waals surface area contributed by atoms with Crippen LogP contribution in [0.25, 0.3) is 0 Å². The van der Waals surface area contributed by atoms with Gasteiger partial charge in [0.1, 0.15) is 8.07 Å². The number of aromatic nitrogens is 3. The van der Waals surface area contributed by atoms with Gasteiger partial charge in [0.25, 0.3) is 0 Å². The van der Waals surface area contributed by atoms with E-state index in [0.29, 0.717) is 6.54 Å². The molecule has 4 nitrogen and oxygen atoms in total. The van der Waals surface area contributed by atoms with E-state index in [1.807, 2.05) is 6.20 Å². The third kappa shape index (κ3) is 2.15. The fourth-order valence-electron chi connectivity index (χ4n) is 0.854. The number of aliphatic hydroxyl groups is 1. The molecule has 5 heteroatoms. The standard InChI is InChI=1S/C7H15N3OSi/c1-12(2,3)7-6-10(4-5-11)9-8-7/h6,11H,4-5H2,1-3H3. The molecule has 0 saturated heterocycles. The molecule has 1 heterocycles. The normalized spacial score (nSPS) is 12.0. The first-order valence-corrected chi connectivity index (χ1v) is 7.55. The van der Waals surface area contributed by atoms with Crippen LogP contribution in [0.5, 0.6) is 0 Å². The SMILES string of the molecule is C[Si](C)(C)c1cn(CCO)nn1. The summed E-state index contributed by atoms with van der Waals surface area (Å²) >= 11 is 0. The van der Waals surface area contributed by atoms with Gasteiger partial charge >= 0.3 is 0 Å². The van der Waals surface area contributed by atoms with Crippen molar-refractivity contribution >= 4 is 13.4 Å². The molecule has 1 N–H and O–H groups in total. The zero-order valence-electron chi connectivity index (χ0n) is 7.78. The fourth-order valence-corrected chi connectivity index (χ4v) is 1.73. The maximum Gasteiger partial charge on any atom is 0.106 e. The van der Waals surface area contributed by atoms with Crippen LogP contribution in [-0.2, 0) is 6.54 Å². The summed E-state index contributed by atoms with van der Waals surface area (Å²) in [6.45, 7) is 7.33. The van der Waals surface area contributed by atoms with Gasteiger partial charge in [0.2, 0.25) is 0 Å². The van der Waals surface area contributed by atoms with Crippen LogP contribution >= 0.6 is 0 Å². The van der Waals surface area contributed by atoms with Gasteiger partial charge in [-0.25, -0.2) is 0 Å². The molecule has 1 rings (SSSR count). The fraction of sp³-hybridized carbons (Fsp3) is 0.714. The molecule has 1 aromatic heterocycles. The monoisotopic (exact) mass is 185 g/mol. The third-order valence-electron chi connectivity index (χ3n) is 1.64. The first-order chi connectivity index (χ1) is 5.54. The highest BCUT2D eigenvalue weighted by atomic mass is 28.3. The number of nitrogens with zero attached hydrogens (tertiary/aromatic N) is 3. The smallest absolute Gasteiger partial charge is 0.106 e. The Balaban J connectivity index is 2.77. The van der Waals surface area contributed by atoms with Gasteiger partial charge in [-0.2, -0.15) is 0 Å². The lowest BCUT2D eigenvalue weighted by Crippen LogP contribution is -2.38. The summed E-state index contributed by atoms with van der Waals surface area (Å²) in [5.74, 6) is 0. The summed E-state index contributed by atoms with van der Waals surface area (Å²) in [6.07, 6.45) is 1.93. The molecule has 0 unspecified atom stereocenters. The van der Waals surface area contributed by atoms with Gasteiger partial charge in [0, 0.05) is 6.20 Å². The van der Waals surface area contributed by atoms with Crippen molar-refractivity contribution in [2.75, 3.05) is 6.61 Å². The summed E-state index contributed by atoms with van der Waals surface area (Å²) in [6, 6.07) is 0. The maximum absolute atomic E-state index is 8.65. The second kappa shape index (κ2) is 3.36. The van der Waals surface area contributed by atoms with Gasteiger partial charge in [0.05, 0.1) is 18.5 Å². The zero-order chi connectivity index (χ0) is 9.19. The van der Waals surface area contributed by atoms with Crippen LogP contribution in [0.4, 0.5) is 0 Å². The minimum absolute atomic E-state index is 0.120. The molecule has 0 saturated carbocycles. The lowest BCUT2D eigenvalue weighted by molar-refractivity contribution is 0.268. The molecule has 0 radical (unpaired) electrons. The van der Waals surface area contributed by atoms with Crippen molar-refractivity contribution < 1.29 is 5.11 Å². The minimum Gasteiger partial charge on any atom is -0.394 e. The van der Waals surface area contributed by atoms with E-state index in [-0.39, 0.29) is 6.61 Å². The van der Waals surface area contributed by atoms with E-state index in [2.05, 4.69) is 30.0 Å². The Morgan fingerprint density at radius 2 is 2.17 bits per heavy atom. The largest absolute Gasteiger partial charge is 0.394 e. The zero-order valence-corrected chi connectivity index (χ0v) is 8.78. The van der Waals surface area contributed by atoms with Crippen LogP contribution in [0.3, 0.4) is 0 Å². The van der Waals surface area contributed by atoms with Crippen molar-refractivity contribution in [3.63, 3.8) is 0 Å². The van der Waals surface area contributed by atoms with Crippen molar-refractivity contribution in [3.8, 4) is 0 Å². The van der Waals surface area contributed by atoms with Crippen LogP contribution in [0, 0.1) is 0 Å². The molecule has 0 amide bonds. The topological polar surface area (TPSA) is 50.9 Å². The van der Waals surface area contributed by atoms with E-state index < -0.39 is 8.07 Å². The number of hydrogen-bond acceptors (Lipinski definition) is 3. The highest BCUT2D eigenvalue weighted by Gasteiger charge is 2.20. The van der Waals surface area contributed by atoms with Crippen molar-refractivity contribution in [2.24, 2.45) is 0 Å². The highest BCUT2D eigenvalue weighted by molar-refractivity contribution is 6.88. The average Bonchev–Trinajstić information content (AvgIpc) is 2.35. The second-order valence-corrected chi connectivity index (χ2v) is 8.85. The summed E-state index contributed by atoms with van der Waals surface area (Å²) in [5.41, 5.74) is 0. The predicted molar refractivity (Wildman–Crippen MR) is 50.1 cm³/mol. The van der Waals surface area contributed by atoms with Crippen LogP contribution in [0.15, 0.2) is 6.20 Å². The summed E-state index contributed by atoms with van der Waals surface area (Å²) < 4.78 is 1.69. The molecule has 12 heavy (non-hydrogen) atoms. The Kier molecular flexibility index (Phi) is 2.64. The highest BCUT2D eigenvalue weighted by Crippen LogP contribution is 1.98. The molecule has 1 aromatic rings. The van der Waals surface area contributed by atoms with E-state index in [0.717, 1.165) is 5.32 Å². The van der Waals surface area contributed by atoms with Crippen LogP contribution < -0.4 is 5.32 Å². The quantitative estimate of drug-likeness (QED) is 0.664. The Labute approximate surface area is 73.2 Å². The van der Waals surface area contributed by atoms with Crippen LogP contribution in [-0.4, -0.2) is 34.8 Å². The van der Waals surface area contributed by atoms with Crippen LogP contribution in [0.2, 0.25) is 19.6 Å². The van der Waals surface area contributed by atoms with E-state index in [1.165, 1.54) is 0 Å². The molecule has 0 atom stereocenters. The molecular weight excluding hydrogens is 170 g/mol. The minimum atomic E-state index is -1.32. The molecule has 0 aliphatic carbocycles. The molecule has 0 fully saturated rings. The van der Waals surface area contributed by atoms with E-state index in [9.17, 15) is 0 Å². The van der Waals surface area contributed by atoms with E-state index in [1.54, 1.807) is 4.68 Å². The van der Waals surface area contributed by atoms with E-state index >= 15 is 0 Å². The number of aliphatic hydroxyl groups excluding tert-OH is 1. The van der Waals surface area contributed by atoms with Gasteiger partial charge < -0.3 is 5.11 Å². The van der Waals surface area contributed by atoms with Crippen molar-refractivity contribution in [1.82, 2.24) is 15.0 Å². The van der Waals surface area contributed by atoms with Gasteiger partial charge in [-0.15, -0.1) is 5.10 Å². The molecule has 68 valence electrons. The third-order valence-corrected chi connectivity index (χ3v) is 3.40. The van der Waals surface area contributed by atoms with Gasteiger partial charge in [-0.1, -0.05) is 24.9 Å².